The summed E-state index contributed by atoms with van der Waals surface area (Å²) in [6.07, 6.45) is 1.62. The largest absolute Gasteiger partial charge is 0.372 e. The Bertz CT molecular complexity index is 191. The van der Waals surface area contributed by atoms with E-state index in [9.17, 15) is 0 Å². The highest BCUT2D eigenvalue weighted by Gasteiger charge is 2.57. The molecule has 1 heterocycles. The fourth-order valence-corrected chi connectivity index (χ4v) is 8.50. The molecule has 3 atom stereocenters. The average Bonchev–Trinajstić information content (AvgIpc) is 3.10. The molecule has 0 N–H and O–H groups in total. The van der Waals surface area contributed by atoms with E-state index < -0.39 is 0 Å². The first-order chi connectivity index (χ1) is 8.29. The molecule has 0 aromatic carbocycles. The molecule has 102 valence electrons. The molecule has 1 aliphatic heterocycles. The van der Waals surface area contributed by atoms with Gasteiger partial charge in [-0.1, -0.05) is 13.8 Å². The third-order valence-electron chi connectivity index (χ3n) is 2.41. The Kier molecular flexibility index (Phi) is 9.83. The Morgan fingerprint density at radius 2 is 2.00 bits per heavy atom. The van der Waals surface area contributed by atoms with Crippen molar-refractivity contribution in [1.29, 1.82) is 0 Å². The molecule has 0 saturated carbocycles. The van der Waals surface area contributed by atoms with Crippen LogP contribution in [0.25, 0.3) is 0 Å². The Morgan fingerprint density at radius 3 is 2.71 bits per heavy atom. The highest BCUT2D eigenvalue weighted by Crippen LogP contribution is 2.49. The van der Waals surface area contributed by atoms with Crippen molar-refractivity contribution in [1.82, 2.24) is 0 Å². The van der Waals surface area contributed by atoms with Crippen LogP contribution in [-0.4, -0.2) is 46.1 Å². The number of hydrogen-bond acceptors (Lipinski definition) is 4. The molecule has 1 nitrogen and oxygen atoms in total. The lowest BCUT2D eigenvalue weighted by Gasteiger charge is -2.05. The molecule has 0 aromatic heterocycles. The van der Waals surface area contributed by atoms with Crippen molar-refractivity contribution in [2.45, 2.75) is 37.9 Å². The summed E-state index contributed by atoms with van der Waals surface area (Å²) in [4.78, 5) is 0. The van der Waals surface area contributed by atoms with Gasteiger partial charge in [0.25, 0.3) is 0 Å². The lowest BCUT2D eigenvalue weighted by atomic mass is 10.4. The summed E-state index contributed by atoms with van der Waals surface area (Å²) in [5.74, 6) is 6.65. The first-order valence-corrected chi connectivity index (χ1v) is 11.6. The molecule has 17 heavy (non-hydrogen) atoms. The van der Waals surface area contributed by atoms with Crippen molar-refractivity contribution < 1.29 is 4.74 Å². The van der Waals surface area contributed by atoms with Crippen LogP contribution in [0.4, 0.5) is 0 Å². The van der Waals surface area contributed by atoms with Crippen LogP contribution in [-0.2, 0) is 14.7 Å². The maximum atomic E-state index is 5.78. The minimum absolute atomic E-state index is 0.476. The Morgan fingerprint density at radius 1 is 1.24 bits per heavy atom. The van der Waals surface area contributed by atoms with Crippen molar-refractivity contribution >= 4 is 44.2 Å². The van der Waals surface area contributed by atoms with Gasteiger partial charge >= 0.3 is 0 Å². The molecule has 0 amide bonds. The molecule has 1 rings (SSSR count). The molecule has 0 aliphatic carbocycles. The molecule has 5 heteroatoms. The fourth-order valence-electron chi connectivity index (χ4n) is 1.44. The second-order valence-electron chi connectivity index (χ2n) is 3.93. The summed E-state index contributed by atoms with van der Waals surface area (Å²) in [6, 6.07) is 0. The van der Waals surface area contributed by atoms with Crippen molar-refractivity contribution in [3.8, 4) is 0 Å². The molecular weight excluding hydrogens is 288 g/mol. The third-order valence-corrected chi connectivity index (χ3v) is 9.63. The minimum atomic E-state index is 0.476. The van der Waals surface area contributed by atoms with Crippen molar-refractivity contribution in [2.75, 3.05) is 35.4 Å². The highest BCUT2D eigenvalue weighted by atomic mass is 33.2. The van der Waals surface area contributed by atoms with Crippen molar-refractivity contribution in [3.63, 3.8) is 0 Å². The van der Waals surface area contributed by atoms with E-state index >= 15 is 0 Å². The first kappa shape index (κ1) is 16.4. The summed E-state index contributed by atoms with van der Waals surface area (Å²) >= 11 is 4.18. The van der Waals surface area contributed by atoms with Gasteiger partial charge in [-0.3, -0.25) is 0 Å². The predicted molar refractivity (Wildman–Crippen MR) is 89.6 cm³/mol. The Balaban J connectivity index is 1.90. The van der Waals surface area contributed by atoms with Crippen LogP contribution in [0.1, 0.15) is 27.2 Å². The molecule has 1 fully saturated rings. The van der Waals surface area contributed by atoms with Crippen molar-refractivity contribution in [3.05, 3.63) is 0 Å². The average molecular weight is 314 g/mol. The van der Waals surface area contributed by atoms with Crippen LogP contribution in [0.15, 0.2) is 0 Å². The number of rotatable bonds is 11. The molecule has 3 unspecified atom stereocenters. The molecule has 0 aromatic rings. The van der Waals surface area contributed by atoms with Crippen LogP contribution in [0.3, 0.4) is 0 Å². The summed E-state index contributed by atoms with van der Waals surface area (Å²) in [5.41, 5.74) is 0. The molecule has 0 bridgehead atoms. The van der Waals surface area contributed by atoms with E-state index in [2.05, 4.69) is 55.1 Å². The monoisotopic (exact) mass is 313 g/mol. The summed E-state index contributed by atoms with van der Waals surface area (Å²) in [7, 11) is 2.77. The van der Waals surface area contributed by atoms with Crippen LogP contribution < -0.4 is 0 Å². The third kappa shape index (κ3) is 7.51. The van der Waals surface area contributed by atoms with Crippen LogP contribution in [0, 0.1) is 0 Å². The van der Waals surface area contributed by atoms with E-state index in [0.29, 0.717) is 16.0 Å². The van der Waals surface area contributed by atoms with Gasteiger partial charge in [0, 0.05) is 23.9 Å². The van der Waals surface area contributed by atoms with Gasteiger partial charge < -0.3 is 4.74 Å². The SMILES string of the molecule is CCCOC(C)C1S[S+]1CCSCCSCC. The van der Waals surface area contributed by atoms with Crippen LogP contribution in [0.5, 0.6) is 0 Å². The maximum absolute atomic E-state index is 5.78. The quantitative estimate of drug-likeness (QED) is 0.247. The van der Waals surface area contributed by atoms with Gasteiger partial charge in [-0.25, -0.2) is 0 Å². The number of hydrogen-bond donors (Lipinski definition) is 0. The molecular formula is C12H25OS4+. The summed E-state index contributed by atoms with van der Waals surface area (Å²) in [5, 5.41) is 0. The topological polar surface area (TPSA) is 9.23 Å². The van der Waals surface area contributed by atoms with E-state index in [0.717, 1.165) is 17.6 Å². The van der Waals surface area contributed by atoms with Crippen molar-refractivity contribution in [2.24, 2.45) is 0 Å². The lowest BCUT2D eigenvalue weighted by Crippen LogP contribution is -2.17. The van der Waals surface area contributed by atoms with Gasteiger partial charge in [0.05, 0.1) is 9.93 Å². The van der Waals surface area contributed by atoms with E-state index in [1.165, 1.54) is 28.8 Å². The highest BCUT2D eigenvalue weighted by molar-refractivity contribution is 8.90. The van der Waals surface area contributed by atoms with Gasteiger partial charge in [-0.2, -0.15) is 23.5 Å². The van der Waals surface area contributed by atoms with E-state index in [1.54, 1.807) is 0 Å². The zero-order valence-corrected chi connectivity index (χ0v) is 14.4. The Hall–Kier alpha value is 1.36. The molecule has 1 saturated heterocycles. The number of ether oxygens (including phenoxy) is 1. The zero-order valence-electron chi connectivity index (χ0n) is 11.1. The fraction of sp³-hybridized carbons (Fsp3) is 1.00. The van der Waals surface area contributed by atoms with Gasteiger partial charge in [0.1, 0.15) is 11.9 Å². The second kappa shape index (κ2) is 10.2. The standard InChI is InChI=1S/C12H25OS4/c1-4-6-13-11(3)12-16-17(12)10-9-15-8-7-14-5-2/h11-12H,4-10H2,1-3H3/q+1. The molecule has 0 spiro atoms. The van der Waals surface area contributed by atoms with Gasteiger partial charge in [0.15, 0.2) is 10.8 Å². The van der Waals surface area contributed by atoms with Gasteiger partial charge in [0.2, 0.25) is 4.58 Å². The van der Waals surface area contributed by atoms with E-state index in [1.807, 2.05) is 0 Å². The van der Waals surface area contributed by atoms with E-state index in [-0.39, 0.29) is 0 Å². The van der Waals surface area contributed by atoms with Gasteiger partial charge in [-0.15, -0.1) is 0 Å². The Labute approximate surface area is 122 Å². The summed E-state index contributed by atoms with van der Waals surface area (Å²) < 4.78 is 6.59. The normalized spacial score (nSPS) is 24.9. The van der Waals surface area contributed by atoms with E-state index in [4.69, 9.17) is 4.74 Å². The molecule has 1 aliphatic rings. The first-order valence-electron chi connectivity index (χ1n) is 6.43. The van der Waals surface area contributed by atoms with Crippen LogP contribution in [0.2, 0.25) is 0 Å². The second-order valence-corrected chi connectivity index (χ2v) is 11.1. The number of thioether (sulfide) groups is 2. The summed E-state index contributed by atoms with van der Waals surface area (Å²) in [6.45, 7) is 7.58. The van der Waals surface area contributed by atoms with Gasteiger partial charge in [-0.05, 0) is 19.1 Å². The predicted octanol–water partition coefficient (Wildman–Crippen LogP) is 3.89. The smallest absolute Gasteiger partial charge is 0.248 e. The van der Waals surface area contributed by atoms with Crippen LogP contribution >= 0.6 is 34.3 Å². The maximum Gasteiger partial charge on any atom is 0.248 e. The molecule has 0 radical (unpaired) electrons. The lowest BCUT2D eigenvalue weighted by molar-refractivity contribution is 0.0789. The minimum Gasteiger partial charge on any atom is -0.372 e. The zero-order chi connectivity index (χ0) is 12.5.